The number of carboxylic acid groups (broad SMARTS) is 3. The summed E-state index contributed by atoms with van der Waals surface area (Å²) in [5, 5.41) is 25.0. The van der Waals surface area contributed by atoms with Gasteiger partial charge in [0.2, 0.25) is 0 Å². The average Bonchev–Trinajstić information content (AvgIpc) is 3.07. The molecule has 0 bridgehead atoms. The van der Waals surface area contributed by atoms with Gasteiger partial charge in [0.05, 0.1) is 6.33 Å². The minimum absolute atomic E-state index is 0.0208. The van der Waals surface area contributed by atoms with E-state index in [0.29, 0.717) is 12.3 Å². The second-order valence-electron chi connectivity index (χ2n) is 6.91. The van der Waals surface area contributed by atoms with Crippen molar-refractivity contribution in [2.45, 2.75) is 58.7 Å². The van der Waals surface area contributed by atoms with Gasteiger partial charge < -0.3 is 37.5 Å². The summed E-state index contributed by atoms with van der Waals surface area (Å²) < 4.78 is 0. The third kappa shape index (κ3) is 14.6. The number of hydrogen-bond donors (Lipinski definition) is 7. The first kappa shape index (κ1) is 27.7. The van der Waals surface area contributed by atoms with E-state index in [2.05, 4.69) is 9.97 Å². The lowest BCUT2D eigenvalue weighted by atomic mass is 10.1. The molecule has 1 aromatic heterocycles. The predicted molar refractivity (Wildman–Crippen MR) is 103 cm³/mol. The molecule has 28 heavy (non-hydrogen) atoms. The second kappa shape index (κ2) is 14.5. The Balaban J connectivity index is 0. The van der Waals surface area contributed by atoms with Crippen LogP contribution >= 0.6 is 0 Å². The molecule has 0 aliphatic heterocycles. The number of imidazole rings is 1. The number of aromatic nitrogens is 2. The van der Waals surface area contributed by atoms with Crippen molar-refractivity contribution in [2.24, 2.45) is 29.0 Å². The van der Waals surface area contributed by atoms with Gasteiger partial charge in [-0.3, -0.25) is 14.4 Å². The van der Waals surface area contributed by atoms with Gasteiger partial charge in [-0.05, 0) is 18.3 Å². The molecular formula is C17H33N5O6. The van der Waals surface area contributed by atoms with Crippen molar-refractivity contribution < 1.29 is 29.7 Å². The number of carboxylic acids is 3. The number of aromatic amines is 1. The summed E-state index contributed by atoms with van der Waals surface area (Å²) in [6, 6.07) is -2.25. The summed E-state index contributed by atoms with van der Waals surface area (Å²) in [5.74, 6) is -2.47. The Labute approximate surface area is 164 Å². The molecule has 0 fully saturated rings. The van der Waals surface area contributed by atoms with Crippen molar-refractivity contribution in [1.82, 2.24) is 9.97 Å². The highest BCUT2D eigenvalue weighted by Crippen LogP contribution is 2.01. The summed E-state index contributed by atoms with van der Waals surface area (Å²) in [6.45, 7) is 7.45. The lowest BCUT2D eigenvalue weighted by molar-refractivity contribution is -0.140. The van der Waals surface area contributed by atoms with E-state index in [0.717, 1.165) is 5.69 Å². The van der Waals surface area contributed by atoms with Gasteiger partial charge in [0, 0.05) is 18.3 Å². The van der Waals surface area contributed by atoms with Gasteiger partial charge in [-0.2, -0.15) is 0 Å². The van der Waals surface area contributed by atoms with Crippen LogP contribution in [-0.2, 0) is 20.8 Å². The van der Waals surface area contributed by atoms with Crippen LogP contribution in [0.3, 0.4) is 0 Å². The quantitative estimate of drug-likeness (QED) is 0.304. The van der Waals surface area contributed by atoms with Gasteiger partial charge in [-0.25, -0.2) is 4.98 Å². The van der Waals surface area contributed by atoms with Crippen LogP contribution in [0.5, 0.6) is 0 Å². The molecule has 11 heteroatoms. The normalized spacial score (nSPS) is 13.5. The van der Waals surface area contributed by atoms with E-state index < -0.39 is 36.0 Å². The summed E-state index contributed by atoms with van der Waals surface area (Å²) >= 11 is 0. The number of aliphatic carboxylic acids is 3. The highest BCUT2D eigenvalue weighted by molar-refractivity contribution is 5.73. The molecule has 3 atom stereocenters. The third-order valence-corrected chi connectivity index (χ3v) is 3.36. The van der Waals surface area contributed by atoms with Crippen molar-refractivity contribution in [1.29, 1.82) is 0 Å². The molecule has 11 nitrogen and oxygen atoms in total. The average molecular weight is 403 g/mol. The zero-order valence-electron chi connectivity index (χ0n) is 16.7. The van der Waals surface area contributed by atoms with Crippen molar-refractivity contribution >= 4 is 17.9 Å². The van der Waals surface area contributed by atoms with Crippen molar-refractivity contribution in [3.8, 4) is 0 Å². The van der Waals surface area contributed by atoms with Crippen LogP contribution < -0.4 is 17.2 Å². The fraction of sp³-hybridized carbons (Fsp3) is 0.647. The number of H-pyrrole nitrogens is 1. The monoisotopic (exact) mass is 403 g/mol. The molecule has 10 N–H and O–H groups in total. The second-order valence-corrected chi connectivity index (χ2v) is 6.91. The van der Waals surface area contributed by atoms with Crippen LogP contribution in [0.2, 0.25) is 0 Å². The summed E-state index contributed by atoms with van der Waals surface area (Å²) in [5.41, 5.74) is 16.4. The summed E-state index contributed by atoms with van der Waals surface area (Å²) in [4.78, 5) is 36.9. The molecule has 0 saturated carbocycles. The summed E-state index contributed by atoms with van der Waals surface area (Å²) in [7, 11) is 0. The molecule has 162 valence electrons. The first-order valence-electron chi connectivity index (χ1n) is 8.71. The Morgan fingerprint density at radius 2 is 1.46 bits per heavy atom. The smallest absolute Gasteiger partial charge is 0.320 e. The minimum Gasteiger partial charge on any atom is -0.480 e. The largest absolute Gasteiger partial charge is 0.480 e. The Morgan fingerprint density at radius 1 is 0.964 bits per heavy atom. The molecule has 1 aromatic rings. The van der Waals surface area contributed by atoms with E-state index in [-0.39, 0.29) is 12.3 Å². The van der Waals surface area contributed by atoms with Gasteiger partial charge in [0.15, 0.2) is 0 Å². The standard InChI is InChI=1S/C6H9N3O2.C6H13NO2.C5H11NO2/c7-5(6(10)11)1-4-2-8-3-9-4;1-4(2)3-5(7)6(8)9;1-3(2)4(6)5(7)8/h2-3,5H,1,7H2,(H,8,9)(H,10,11);4-5H,3,7H2,1-2H3,(H,8,9);3-4H,6H2,1-2H3,(H,7,8). The fourth-order valence-electron chi connectivity index (χ4n) is 1.61. The molecule has 0 radical (unpaired) electrons. The number of rotatable bonds is 8. The van der Waals surface area contributed by atoms with E-state index in [9.17, 15) is 14.4 Å². The molecule has 3 unspecified atom stereocenters. The van der Waals surface area contributed by atoms with Gasteiger partial charge in [-0.15, -0.1) is 0 Å². The van der Waals surface area contributed by atoms with Crippen molar-refractivity contribution in [3.63, 3.8) is 0 Å². The zero-order chi connectivity index (χ0) is 22.4. The minimum atomic E-state index is -1.00. The number of hydrogen-bond acceptors (Lipinski definition) is 7. The molecule has 0 aliphatic carbocycles. The Bertz CT molecular complexity index is 577. The highest BCUT2D eigenvalue weighted by Gasteiger charge is 2.14. The predicted octanol–water partition coefficient (Wildman–Crippen LogP) is -0.137. The molecule has 0 aromatic carbocycles. The van der Waals surface area contributed by atoms with Crippen LogP contribution in [0.25, 0.3) is 0 Å². The van der Waals surface area contributed by atoms with Crippen molar-refractivity contribution in [2.75, 3.05) is 0 Å². The maximum atomic E-state index is 10.3. The van der Waals surface area contributed by atoms with E-state index in [4.69, 9.17) is 32.5 Å². The first-order chi connectivity index (χ1) is 12.8. The van der Waals surface area contributed by atoms with Crippen LogP contribution in [0.1, 0.15) is 39.8 Å². The van der Waals surface area contributed by atoms with E-state index in [1.807, 2.05) is 13.8 Å². The molecular weight excluding hydrogens is 370 g/mol. The van der Waals surface area contributed by atoms with E-state index >= 15 is 0 Å². The van der Waals surface area contributed by atoms with Gasteiger partial charge in [0.25, 0.3) is 0 Å². The Hall–Kier alpha value is -2.50. The molecule has 0 spiro atoms. The zero-order valence-corrected chi connectivity index (χ0v) is 16.7. The highest BCUT2D eigenvalue weighted by atomic mass is 16.4. The molecule has 0 saturated heterocycles. The maximum Gasteiger partial charge on any atom is 0.320 e. The van der Waals surface area contributed by atoms with Crippen LogP contribution in [-0.4, -0.2) is 61.3 Å². The topological polar surface area (TPSA) is 219 Å². The number of nitrogens with two attached hydrogens (primary N) is 3. The summed E-state index contributed by atoms with van der Waals surface area (Å²) in [6.07, 6.45) is 3.89. The first-order valence-corrected chi connectivity index (χ1v) is 8.71. The van der Waals surface area contributed by atoms with Gasteiger partial charge >= 0.3 is 17.9 Å². The van der Waals surface area contributed by atoms with Crippen molar-refractivity contribution in [3.05, 3.63) is 18.2 Å². The lowest BCUT2D eigenvalue weighted by Gasteiger charge is -2.07. The van der Waals surface area contributed by atoms with E-state index in [1.165, 1.54) is 6.33 Å². The fourth-order valence-corrected chi connectivity index (χ4v) is 1.61. The van der Waals surface area contributed by atoms with Gasteiger partial charge in [0.1, 0.15) is 18.1 Å². The Kier molecular flexibility index (Phi) is 14.4. The number of nitrogens with one attached hydrogen (secondary N) is 1. The molecule has 1 rings (SSSR count). The lowest BCUT2D eigenvalue weighted by Crippen LogP contribution is -2.34. The number of carbonyl (C=O) groups is 3. The Morgan fingerprint density at radius 3 is 1.68 bits per heavy atom. The van der Waals surface area contributed by atoms with Crippen LogP contribution in [0.15, 0.2) is 12.5 Å². The SMILES string of the molecule is CC(C)C(N)C(=O)O.CC(C)CC(N)C(=O)O.NC(Cc1cnc[nH]1)C(=O)O. The molecule has 0 amide bonds. The van der Waals surface area contributed by atoms with Crippen LogP contribution in [0, 0.1) is 11.8 Å². The van der Waals surface area contributed by atoms with E-state index in [1.54, 1.807) is 20.0 Å². The maximum absolute atomic E-state index is 10.3. The van der Waals surface area contributed by atoms with Crippen LogP contribution in [0.4, 0.5) is 0 Å². The third-order valence-electron chi connectivity index (χ3n) is 3.36. The molecule has 0 aliphatic rings. The van der Waals surface area contributed by atoms with Gasteiger partial charge in [-0.1, -0.05) is 27.7 Å². The molecule has 1 heterocycles. The number of nitrogens with zero attached hydrogens (tertiary/aromatic N) is 1.